The first kappa shape index (κ1) is 46.3. The highest BCUT2D eigenvalue weighted by atomic mass is 32.1. The lowest BCUT2D eigenvalue weighted by Crippen LogP contribution is -2.64. The first-order valence-electron chi connectivity index (χ1n) is 18.4. The van der Waals surface area contributed by atoms with Gasteiger partial charge in [-0.15, -0.1) is 11.3 Å². The van der Waals surface area contributed by atoms with E-state index in [4.69, 9.17) is 33.2 Å². The number of thiazole rings is 1. The Morgan fingerprint density at radius 2 is 1.42 bits per heavy atom. The third-order valence-corrected chi connectivity index (χ3v) is 8.96. The molecule has 2 heterocycles. The van der Waals surface area contributed by atoms with Gasteiger partial charge in [-0.05, 0) is 44.9 Å². The fourth-order valence-electron chi connectivity index (χ4n) is 5.70. The summed E-state index contributed by atoms with van der Waals surface area (Å²) in [5.74, 6) is -4.69. The van der Waals surface area contributed by atoms with Crippen LogP contribution in [-0.4, -0.2) is 114 Å². The number of methoxy groups -OCH3 is 1. The van der Waals surface area contributed by atoms with Crippen LogP contribution in [0, 0.1) is 0 Å². The molecule has 20 heteroatoms. The highest BCUT2D eigenvalue weighted by molar-refractivity contribution is 7.13. The molecule has 1 aromatic heterocycles. The summed E-state index contributed by atoms with van der Waals surface area (Å²) in [4.78, 5) is 107. The number of carbonyl (C=O) groups is 8. The quantitative estimate of drug-likeness (QED) is 0.123. The zero-order valence-corrected chi connectivity index (χ0v) is 34.7. The fraction of sp³-hybridized carbons (Fsp3) is 0.425. The van der Waals surface area contributed by atoms with Crippen molar-refractivity contribution < 1.29 is 71.5 Å². The van der Waals surface area contributed by atoms with Crippen LogP contribution in [0.2, 0.25) is 0 Å². The summed E-state index contributed by atoms with van der Waals surface area (Å²) in [5.41, 5.74) is 1.18. The minimum atomic E-state index is -1.93. The van der Waals surface area contributed by atoms with Crippen molar-refractivity contribution in [2.75, 3.05) is 30.8 Å². The van der Waals surface area contributed by atoms with Crippen LogP contribution in [0.5, 0.6) is 0 Å². The van der Waals surface area contributed by atoms with Crippen molar-refractivity contribution in [1.29, 1.82) is 0 Å². The second kappa shape index (κ2) is 21.0. The molecule has 1 fully saturated rings. The zero-order chi connectivity index (χ0) is 44.1. The van der Waals surface area contributed by atoms with Crippen LogP contribution in [0.4, 0.5) is 20.4 Å². The molecule has 0 unspecified atom stereocenters. The van der Waals surface area contributed by atoms with E-state index in [1.54, 1.807) is 80.7 Å². The SMILES string of the molecule is COC(=O)[C@H]1O[C@@H](OC(=O)N(CCc2ccc(NC(=O)Cc3csc(NC(=O)OC(C)(C)C)n3)cc2)CC(=O)c2ccccc2)[C@H](OC(C)=O)[C@@H](OC(C)=O)[C@@H]1OC(C)=O. The van der Waals surface area contributed by atoms with Crippen molar-refractivity contribution in [1.82, 2.24) is 9.88 Å². The van der Waals surface area contributed by atoms with Crippen LogP contribution in [0.15, 0.2) is 60.0 Å². The Morgan fingerprint density at radius 1 is 0.800 bits per heavy atom. The van der Waals surface area contributed by atoms with Crippen LogP contribution in [0.3, 0.4) is 0 Å². The van der Waals surface area contributed by atoms with Gasteiger partial charge in [-0.25, -0.2) is 19.4 Å². The fourth-order valence-corrected chi connectivity index (χ4v) is 6.39. The zero-order valence-electron chi connectivity index (χ0n) is 33.9. The van der Waals surface area contributed by atoms with Crippen molar-refractivity contribution in [3.05, 3.63) is 76.8 Å². The summed E-state index contributed by atoms with van der Waals surface area (Å²) in [6, 6.07) is 14.8. The number of anilines is 2. The molecular formula is C40H46N4O15S. The summed E-state index contributed by atoms with van der Waals surface area (Å²) in [5, 5.41) is 7.23. The maximum atomic E-state index is 13.9. The Balaban J connectivity index is 1.49. The van der Waals surface area contributed by atoms with E-state index >= 15 is 0 Å². The van der Waals surface area contributed by atoms with Gasteiger partial charge in [-0.3, -0.25) is 29.3 Å². The molecule has 0 radical (unpaired) electrons. The molecule has 19 nitrogen and oxygen atoms in total. The van der Waals surface area contributed by atoms with Crippen LogP contribution in [-0.2, 0) is 70.0 Å². The van der Waals surface area contributed by atoms with Crippen molar-refractivity contribution in [2.45, 2.75) is 90.7 Å². The summed E-state index contributed by atoms with van der Waals surface area (Å²) < 4.78 is 37.4. The van der Waals surface area contributed by atoms with E-state index in [-0.39, 0.29) is 30.4 Å². The number of aromatic nitrogens is 1. The van der Waals surface area contributed by atoms with Gasteiger partial charge in [0.2, 0.25) is 18.3 Å². The first-order valence-corrected chi connectivity index (χ1v) is 19.3. The summed E-state index contributed by atoms with van der Waals surface area (Å²) in [6.45, 7) is 7.65. The average molecular weight is 855 g/mol. The number of hydrogen-bond donors (Lipinski definition) is 2. The Kier molecular flexibility index (Phi) is 16.2. The van der Waals surface area contributed by atoms with Gasteiger partial charge in [0.05, 0.1) is 25.8 Å². The standard InChI is InChI=1S/C40H46N4O15S/c1-22(45)54-31-32(55-23(2)46)34(56-24(3)47)36(57-33(31)35(50)53-7)58-39(52)44(20-29(48)26-11-9-8-10-12-26)18-17-25-13-15-27(16-14-25)41-30(49)19-28-21-60-37(42-28)43-38(51)59-40(4,5)6/h8-16,21,31-34,36H,17-20H2,1-7H3,(H,41,49)(H,42,43,51)/t31-,32-,33-,34+,36-/m0/s1. The first-order chi connectivity index (χ1) is 28.3. The van der Waals surface area contributed by atoms with Crippen LogP contribution < -0.4 is 10.6 Å². The van der Waals surface area contributed by atoms with Crippen LogP contribution in [0.1, 0.15) is 63.2 Å². The van der Waals surface area contributed by atoms with Gasteiger partial charge < -0.3 is 43.4 Å². The Labute approximate surface area is 348 Å². The van der Waals surface area contributed by atoms with Gasteiger partial charge in [0.1, 0.15) is 5.60 Å². The van der Waals surface area contributed by atoms with E-state index in [1.807, 2.05) is 0 Å². The smallest absolute Gasteiger partial charge is 0.413 e. The van der Waals surface area contributed by atoms with Gasteiger partial charge in [0.25, 0.3) is 0 Å². The maximum Gasteiger partial charge on any atom is 0.413 e. The van der Waals surface area contributed by atoms with Crippen molar-refractivity contribution >= 4 is 69.9 Å². The molecule has 60 heavy (non-hydrogen) atoms. The number of carbonyl (C=O) groups excluding carboxylic acids is 8. The van der Waals surface area contributed by atoms with Crippen LogP contribution in [0.25, 0.3) is 0 Å². The predicted molar refractivity (Wildman–Crippen MR) is 211 cm³/mol. The molecule has 3 amide bonds. The molecule has 1 aliphatic heterocycles. The number of nitrogens with one attached hydrogen (secondary N) is 2. The number of benzene rings is 2. The molecule has 0 bridgehead atoms. The van der Waals surface area contributed by atoms with Crippen molar-refractivity contribution in [3.8, 4) is 0 Å². The normalized spacial score (nSPS) is 18.5. The molecule has 0 spiro atoms. The van der Waals surface area contributed by atoms with E-state index < -0.39 is 84.7 Å². The Hall–Kier alpha value is -6.41. The number of ether oxygens (including phenoxy) is 7. The minimum absolute atomic E-state index is 0.0732. The Bertz CT molecular complexity index is 2030. The monoisotopic (exact) mass is 854 g/mol. The third kappa shape index (κ3) is 14.2. The predicted octanol–water partition coefficient (Wildman–Crippen LogP) is 4.23. The van der Waals surface area contributed by atoms with E-state index in [1.165, 1.54) is 0 Å². The molecule has 4 rings (SSSR count). The highest BCUT2D eigenvalue weighted by Crippen LogP contribution is 2.31. The lowest BCUT2D eigenvalue weighted by atomic mass is 9.97. The molecule has 0 aliphatic carbocycles. The summed E-state index contributed by atoms with van der Waals surface area (Å²) >= 11 is 1.14. The van der Waals surface area contributed by atoms with E-state index in [0.717, 1.165) is 44.1 Å². The number of nitrogens with zero attached hydrogens (tertiary/aromatic N) is 2. The van der Waals surface area contributed by atoms with Gasteiger partial charge in [0, 0.05) is 43.9 Å². The number of esters is 4. The largest absolute Gasteiger partial charge is 0.467 e. The summed E-state index contributed by atoms with van der Waals surface area (Å²) in [6.07, 6.45) is -10.6. The molecule has 1 aliphatic rings. The number of Topliss-reactive ketones (excluding diaryl/α,β-unsaturated/α-hetero) is 1. The lowest BCUT2D eigenvalue weighted by molar-refractivity contribution is -0.289. The second-order valence-corrected chi connectivity index (χ2v) is 15.1. The molecule has 0 saturated carbocycles. The highest BCUT2D eigenvalue weighted by Gasteiger charge is 2.56. The van der Waals surface area contributed by atoms with E-state index in [2.05, 4.69) is 15.6 Å². The number of amides is 3. The second-order valence-electron chi connectivity index (χ2n) is 14.2. The molecule has 3 aromatic rings. The Morgan fingerprint density at radius 3 is 2.02 bits per heavy atom. The molecule has 1 saturated heterocycles. The van der Waals surface area contributed by atoms with Gasteiger partial charge in [-0.1, -0.05) is 42.5 Å². The topological polar surface area (TPSA) is 241 Å². The third-order valence-electron chi connectivity index (χ3n) is 8.15. The van der Waals surface area contributed by atoms with E-state index in [0.29, 0.717) is 22.5 Å². The minimum Gasteiger partial charge on any atom is -0.467 e. The van der Waals surface area contributed by atoms with Gasteiger partial charge >= 0.3 is 36.1 Å². The molecular weight excluding hydrogens is 809 g/mol. The number of hydrogen-bond acceptors (Lipinski definition) is 17. The van der Waals surface area contributed by atoms with Crippen molar-refractivity contribution in [2.24, 2.45) is 0 Å². The molecule has 322 valence electrons. The number of rotatable bonds is 15. The number of ketones is 1. The van der Waals surface area contributed by atoms with Gasteiger partial charge in [0.15, 0.2) is 29.2 Å². The van der Waals surface area contributed by atoms with Crippen molar-refractivity contribution in [3.63, 3.8) is 0 Å². The average Bonchev–Trinajstić information content (AvgIpc) is 3.60. The molecule has 2 N–H and O–H groups in total. The van der Waals surface area contributed by atoms with E-state index in [9.17, 15) is 38.4 Å². The lowest BCUT2D eigenvalue weighted by Gasteiger charge is -2.43. The van der Waals surface area contributed by atoms with Gasteiger partial charge in [-0.2, -0.15) is 0 Å². The molecule has 5 atom stereocenters. The van der Waals surface area contributed by atoms with Crippen LogP contribution >= 0.6 is 11.3 Å². The summed E-state index contributed by atoms with van der Waals surface area (Å²) in [7, 11) is 1.01. The maximum absolute atomic E-state index is 13.9. The molecule has 2 aromatic carbocycles.